The van der Waals surface area contributed by atoms with Gasteiger partial charge in [0.2, 0.25) is 6.79 Å². The zero-order valence-corrected chi connectivity index (χ0v) is 17.5. The highest BCUT2D eigenvalue weighted by molar-refractivity contribution is 7.91. The van der Waals surface area contributed by atoms with Gasteiger partial charge in [0.1, 0.15) is 15.7 Å². The minimum Gasteiger partial charge on any atom is -0.454 e. The molecule has 1 atom stereocenters. The van der Waals surface area contributed by atoms with Crippen molar-refractivity contribution in [2.75, 3.05) is 12.1 Å². The number of amides is 2. The topological polar surface area (TPSA) is 103 Å². The lowest BCUT2D eigenvalue weighted by molar-refractivity contribution is 0.174. The molecule has 0 aromatic heterocycles. The molecular weight excluding hydrogens is 397 g/mol. The highest BCUT2D eigenvalue weighted by atomic mass is 32.2. The summed E-state index contributed by atoms with van der Waals surface area (Å²) in [7, 11) is -3.52. The lowest BCUT2D eigenvalue weighted by Crippen LogP contribution is -2.19. The number of nitrogens with two attached hydrogens (primary N) is 1. The molecule has 156 valence electrons. The summed E-state index contributed by atoms with van der Waals surface area (Å²) < 4.78 is 41.1. The average Bonchev–Trinajstić information content (AvgIpc) is 3.09. The summed E-state index contributed by atoms with van der Waals surface area (Å²) in [5, 5.41) is 8.51. The van der Waals surface area contributed by atoms with E-state index in [0.717, 1.165) is 0 Å². The van der Waals surface area contributed by atoms with Crippen LogP contribution < -0.4 is 19.9 Å². The average molecular weight is 421 g/mol. The maximum atomic E-state index is 14.0. The predicted octanol–water partition coefficient (Wildman–Crippen LogP) is 4.73. The molecule has 0 saturated heterocycles. The number of carbonyl (C=O) groups excluding carboxylic acids is 1. The number of rotatable bonds is 4. The number of nitrogens with one attached hydrogen (secondary N) is 1. The molecule has 0 aliphatic carbocycles. The third-order valence-electron chi connectivity index (χ3n) is 4.54. The van der Waals surface area contributed by atoms with Gasteiger partial charge in [0.05, 0.1) is 4.90 Å². The molecule has 0 saturated carbocycles. The fraction of sp³-hybridized carbons (Fsp3) is 0.350. The lowest BCUT2D eigenvalue weighted by Gasteiger charge is -2.20. The van der Waals surface area contributed by atoms with E-state index in [-0.39, 0.29) is 29.3 Å². The second-order valence-corrected chi connectivity index (χ2v) is 9.17. The SMILES string of the molecule is CC(C)c1cc(F)cc(C(C)C)c1NC(=O)N=S(N)(=O)c1ccc2c(c1)OCO2. The van der Waals surface area contributed by atoms with Crippen molar-refractivity contribution in [2.45, 2.75) is 44.4 Å². The quantitative estimate of drug-likeness (QED) is 0.744. The van der Waals surface area contributed by atoms with Gasteiger partial charge >= 0.3 is 6.03 Å². The molecule has 0 radical (unpaired) electrons. The molecule has 7 nitrogen and oxygen atoms in total. The lowest BCUT2D eigenvalue weighted by atomic mass is 9.92. The van der Waals surface area contributed by atoms with E-state index in [1.54, 1.807) is 6.07 Å². The smallest absolute Gasteiger partial charge is 0.354 e. The van der Waals surface area contributed by atoms with Crippen molar-refractivity contribution >= 4 is 21.6 Å². The zero-order chi connectivity index (χ0) is 21.3. The number of hydrogen-bond acceptors (Lipinski definition) is 4. The number of hydrogen-bond donors (Lipinski definition) is 2. The maximum Gasteiger partial charge on any atom is 0.354 e. The molecule has 9 heteroatoms. The van der Waals surface area contributed by atoms with Gasteiger partial charge in [0.15, 0.2) is 11.5 Å². The van der Waals surface area contributed by atoms with E-state index in [0.29, 0.717) is 28.3 Å². The standard InChI is InChI=1S/C20H24FN3O4S/c1-11(2)15-7-13(21)8-16(12(3)4)19(15)23-20(25)24-29(22,26)14-5-6-17-18(9-14)28-10-27-17/h5-9,11-12H,10H2,1-4H3,(H3,22,23,24,25,26). The van der Waals surface area contributed by atoms with Gasteiger partial charge in [0.25, 0.3) is 0 Å². The molecule has 1 heterocycles. The molecule has 2 aromatic rings. The Morgan fingerprint density at radius 3 is 2.28 bits per heavy atom. The Morgan fingerprint density at radius 2 is 1.69 bits per heavy atom. The number of carbonyl (C=O) groups is 1. The van der Waals surface area contributed by atoms with E-state index < -0.39 is 15.9 Å². The molecule has 2 amide bonds. The van der Waals surface area contributed by atoms with E-state index >= 15 is 0 Å². The molecule has 1 unspecified atom stereocenters. The maximum absolute atomic E-state index is 14.0. The fourth-order valence-corrected chi connectivity index (χ4v) is 4.01. The Morgan fingerprint density at radius 1 is 1.10 bits per heavy atom. The Bertz CT molecular complexity index is 1050. The van der Waals surface area contributed by atoms with E-state index in [2.05, 4.69) is 9.68 Å². The molecule has 0 fully saturated rings. The third kappa shape index (κ3) is 4.51. The van der Waals surface area contributed by atoms with Crippen LogP contribution in [-0.2, 0) is 9.92 Å². The molecule has 0 spiro atoms. The van der Waals surface area contributed by atoms with Crippen molar-refractivity contribution < 1.29 is 22.9 Å². The Labute approximate surface area is 169 Å². The highest BCUT2D eigenvalue weighted by Crippen LogP contribution is 2.35. The van der Waals surface area contributed by atoms with Crippen LogP contribution in [0.4, 0.5) is 14.9 Å². The second-order valence-electron chi connectivity index (χ2n) is 7.37. The number of ether oxygens (including phenoxy) is 2. The van der Waals surface area contributed by atoms with Crippen molar-refractivity contribution in [3.8, 4) is 11.5 Å². The van der Waals surface area contributed by atoms with Crippen molar-refractivity contribution in [1.82, 2.24) is 0 Å². The van der Waals surface area contributed by atoms with Crippen LogP contribution in [0.15, 0.2) is 39.6 Å². The molecule has 0 bridgehead atoms. The van der Waals surface area contributed by atoms with E-state index in [4.69, 9.17) is 14.6 Å². The van der Waals surface area contributed by atoms with Crippen molar-refractivity contribution in [1.29, 1.82) is 0 Å². The van der Waals surface area contributed by atoms with Crippen LogP contribution in [0.3, 0.4) is 0 Å². The number of fused-ring (bicyclic) bond motifs is 1. The Balaban J connectivity index is 1.97. The van der Waals surface area contributed by atoms with Crippen LogP contribution >= 0.6 is 0 Å². The molecule has 29 heavy (non-hydrogen) atoms. The van der Waals surface area contributed by atoms with E-state index in [1.807, 2.05) is 27.7 Å². The summed E-state index contributed by atoms with van der Waals surface area (Å²) in [6.45, 7) is 7.63. The molecule has 2 aromatic carbocycles. The normalized spacial score (nSPS) is 14.8. The third-order valence-corrected chi connectivity index (χ3v) is 5.91. The fourth-order valence-electron chi connectivity index (χ4n) is 3.07. The van der Waals surface area contributed by atoms with E-state index in [9.17, 15) is 13.4 Å². The minimum atomic E-state index is -3.52. The number of nitrogens with zero attached hydrogens (tertiary/aromatic N) is 1. The summed E-state index contributed by atoms with van der Waals surface area (Å²) >= 11 is 0. The predicted molar refractivity (Wildman–Crippen MR) is 109 cm³/mol. The molecule has 3 N–H and O–H groups in total. The van der Waals surface area contributed by atoms with Crippen molar-refractivity contribution in [2.24, 2.45) is 9.50 Å². The Kier molecular flexibility index (Phi) is 5.81. The highest BCUT2D eigenvalue weighted by Gasteiger charge is 2.21. The summed E-state index contributed by atoms with van der Waals surface area (Å²) in [6, 6.07) is 6.37. The van der Waals surface area contributed by atoms with Gasteiger partial charge in [-0.15, -0.1) is 4.36 Å². The van der Waals surface area contributed by atoms with Crippen LogP contribution in [0.25, 0.3) is 0 Å². The van der Waals surface area contributed by atoms with Crippen LogP contribution in [0.5, 0.6) is 11.5 Å². The van der Waals surface area contributed by atoms with E-state index in [1.165, 1.54) is 24.3 Å². The van der Waals surface area contributed by atoms with Gasteiger partial charge in [0, 0.05) is 11.8 Å². The van der Waals surface area contributed by atoms with Crippen molar-refractivity contribution in [3.63, 3.8) is 0 Å². The number of urea groups is 1. The molecule has 3 rings (SSSR count). The van der Waals surface area contributed by atoms with Crippen LogP contribution in [0.1, 0.15) is 50.7 Å². The van der Waals surface area contributed by atoms with Crippen LogP contribution in [0, 0.1) is 5.82 Å². The summed E-state index contributed by atoms with van der Waals surface area (Å²) in [5.41, 5.74) is 1.72. The molecular formula is C20H24FN3O4S. The minimum absolute atomic E-state index is 0.0467. The zero-order valence-electron chi connectivity index (χ0n) is 16.7. The largest absolute Gasteiger partial charge is 0.454 e. The monoisotopic (exact) mass is 421 g/mol. The van der Waals surface area contributed by atoms with Gasteiger partial charge in [-0.05, 0) is 47.2 Å². The summed E-state index contributed by atoms with van der Waals surface area (Å²) in [6.07, 6.45) is 0. The first-order chi connectivity index (χ1) is 13.6. The van der Waals surface area contributed by atoms with Gasteiger partial charge in [-0.2, -0.15) is 0 Å². The van der Waals surface area contributed by atoms with Crippen LogP contribution in [0.2, 0.25) is 0 Å². The van der Waals surface area contributed by atoms with Crippen molar-refractivity contribution in [3.05, 3.63) is 47.3 Å². The first kappa shape index (κ1) is 21.1. The van der Waals surface area contributed by atoms with Gasteiger partial charge in [-0.3, -0.25) is 0 Å². The summed E-state index contributed by atoms with van der Waals surface area (Å²) in [5.74, 6) is 0.418. The van der Waals surface area contributed by atoms with Gasteiger partial charge in [-0.25, -0.2) is 18.5 Å². The molecule has 1 aliphatic rings. The second kappa shape index (κ2) is 8.00. The Hall–Kier alpha value is -2.65. The first-order valence-corrected chi connectivity index (χ1v) is 10.7. The summed E-state index contributed by atoms with van der Waals surface area (Å²) in [4.78, 5) is 12.7. The van der Waals surface area contributed by atoms with Gasteiger partial charge in [-0.1, -0.05) is 27.7 Å². The number of benzene rings is 2. The first-order valence-electron chi connectivity index (χ1n) is 9.17. The number of halogens is 1. The van der Waals surface area contributed by atoms with Crippen LogP contribution in [-0.4, -0.2) is 17.0 Å². The molecule has 1 aliphatic heterocycles. The van der Waals surface area contributed by atoms with Gasteiger partial charge < -0.3 is 14.8 Å². The number of anilines is 1.